The molecule has 0 saturated carbocycles. The molecule has 1 fully saturated rings. The van der Waals surface area contributed by atoms with Gasteiger partial charge in [-0.15, -0.1) is 0 Å². The molecule has 0 amide bonds. The second-order valence-electron chi connectivity index (χ2n) is 2.19. The van der Waals surface area contributed by atoms with Gasteiger partial charge in [0.25, 0.3) is 0 Å². The van der Waals surface area contributed by atoms with Crippen molar-refractivity contribution in [1.82, 2.24) is 4.90 Å². The molecule has 1 aliphatic heterocycles. The molecular weight excluding hydrogens is 126 g/mol. The van der Waals surface area contributed by atoms with E-state index in [0.29, 0.717) is 0 Å². The number of rotatable bonds is 3. The first kappa shape index (κ1) is 9.92. The van der Waals surface area contributed by atoms with E-state index in [1.165, 1.54) is 19.5 Å². The zero-order valence-electron chi connectivity index (χ0n) is 7.39. The number of hydrogen-bond acceptors (Lipinski definition) is 2. The Morgan fingerprint density at radius 2 is 1.90 bits per heavy atom. The van der Waals surface area contributed by atoms with Crippen molar-refractivity contribution >= 4 is 0 Å². The van der Waals surface area contributed by atoms with Crippen LogP contribution in [0, 0.1) is 0 Å². The quantitative estimate of drug-likeness (QED) is 0.594. The zero-order chi connectivity index (χ0) is 7.82. The van der Waals surface area contributed by atoms with Gasteiger partial charge in [0.05, 0.1) is 6.61 Å². The standard InChI is InChI=1S/C6H13NO.C2H6/c1-8-6-5-7-3-2-4-7;1-2/h2-6H2,1H3;1-2H3. The van der Waals surface area contributed by atoms with Crippen LogP contribution >= 0.6 is 0 Å². The van der Waals surface area contributed by atoms with Crippen LogP contribution in [0.2, 0.25) is 0 Å². The maximum absolute atomic E-state index is 4.91. The van der Waals surface area contributed by atoms with Gasteiger partial charge in [0.1, 0.15) is 0 Å². The highest BCUT2D eigenvalue weighted by molar-refractivity contribution is 4.66. The van der Waals surface area contributed by atoms with Crippen molar-refractivity contribution in [2.75, 3.05) is 33.4 Å². The van der Waals surface area contributed by atoms with Gasteiger partial charge in [-0.25, -0.2) is 0 Å². The highest BCUT2D eigenvalue weighted by atomic mass is 16.5. The van der Waals surface area contributed by atoms with Crippen molar-refractivity contribution in [2.45, 2.75) is 20.3 Å². The molecule has 0 N–H and O–H groups in total. The van der Waals surface area contributed by atoms with Crippen LogP contribution in [0.1, 0.15) is 20.3 Å². The number of hydrogen-bond donors (Lipinski definition) is 0. The number of ether oxygens (including phenoxy) is 1. The second-order valence-corrected chi connectivity index (χ2v) is 2.19. The molecule has 0 unspecified atom stereocenters. The Morgan fingerprint density at radius 1 is 1.30 bits per heavy atom. The summed E-state index contributed by atoms with van der Waals surface area (Å²) in [6.07, 6.45) is 1.38. The Morgan fingerprint density at radius 3 is 2.20 bits per heavy atom. The molecule has 2 nitrogen and oxygen atoms in total. The minimum Gasteiger partial charge on any atom is -0.383 e. The lowest BCUT2D eigenvalue weighted by molar-refractivity contribution is 0.111. The molecule has 0 aromatic rings. The van der Waals surface area contributed by atoms with Crippen LogP contribution in [-0.2, 0) is 4.74 Å². The van der Waals surface area contributed by atoms with Gasteiger partial charge in [-0.1, -0.05) is 13.8 Å². The molecule has 1 saturated heterocycles. The van der Waals surface area contributed by atoms with Gasteiger partial charge >= 0.3 is 0 Å². The highest BCUT2D eigenvalue weighted by Gasteiger charge is 2.11. The van der Waals surface area contributed by atoms with Crippen molar-refractivity contribution in [2.24, 2.45) is 0 Å². The van der Waals surface area contributed by atoms with E-state index in [1.54, 1.807) is 7.11 Å². The van der Waals surface area contributed by atoms with E-state index in [-0.39, 0.29) is 0 Å². The van der Waals surface area contributed by atoms with Gasteiger partial charge < -0.3 is 9.64 Å². The van der Waals surface area contributed by atoms with Crippen LogP contribution in [0.5, 0.6) is 0 Å². The van der Waals surface area contributed by atoms with Crippen LogP contribution in [0.3, 0.4) is 0 Å². The predicted molar refractivity (Wildman–Crippen MR) is 44.3 cm³/mol. The Hall–Kier alpha value is -0.0800. The van der Waals surface area contributed by atoms with Crippen LogP contribution < -0.4 is 0 Å². The molecular formula is C8H19NO. The molecule has 62 valence electrons. The zero-order valence-corrected chi connectivity index (χ0v) is 7.39. The first-order chi connectivity index (χ1) is 4.93. The Bertz CT molecular complexity index is 62.3. The maximum Gasteiger partial charge on any atom is 0.0589 e. The molecule has 1 rings (SSSR count). The molecule has 10 heavy (non-hydrogen) atoms. The molecule has 1 aliphatic rings. The van der Waals surface area contributed by atoms with Gasteiger partial charge in [-0.3, -0.25) is 0 Å². The third kappa shape index (κ3) is 3.85. The van der Waals surface area contributed by atoms with Crippen molar-refractivity contribution in [3.05, 3.63) is 0 Å². The van der Waals surface area contributed by atoms with Crippen LogP contribution in [0.25, 0.3) is 0 Å². The lowest BCUT2D eigenvalue weighted by Gasteiger charge is -2.29. The Balaban J connectivity index is 0.000000371. The monoisotopic (exact) mass is 145 g/mol. The third-order valence-corrected chi connectivity index (χ3v) is 1.56. The largest absolute Gasteiger partial charge is 0.383 e. The number of methoxy groups -OCH3 is 1. The summed E-state index contributed by atoms with van der Waals surface area (Å²) in [7, 11) is 1.75. The maximum atomic E-state index is 4.91. The summed E-state index contributed by atoms with van der Waals surface area (Å²) in [5, 5.41) is 0. The fourth-order valence-corrected chi connectivity index (χ4v) is 0.826. The summed E-state index contributed by atoms with van der Waals surface area (Å²) < 4.78 is 4.91. The fourth-order valence-electron chi connectivity index (χ4n) is 0.826. The van der Waals surface area contributed by atoms with E-state index in [1.807, 2.05) is 13.8 Å². The van der Waals surface area contributed by atoms with E-state index in [9.17, 15) is 0 Å². The van der Waals surface area contributed by atoms with Gasteiger partial charge in [0.2, 0.25) is 0 Å². The van der Waals surface area contributed by atoms with Crippen molar-refractivity contribution in [1.29, 1.82) is 0 Å². The van der Waals surface area contributed by atoms with Crippen molar-refractivity contribution in [3.63, 3.8) is 0 Å². The normalized spacial score (nSPS) is 17.1. The first-order valence-corrected chi connectivity index (χ1v) is 4.15. The van der Waals surface area contributed by atoms with Gasteiger partial charge in [0.15, 0.2) is 0 Å². The van der Waals surface area contributed by atoms with E-state index in [2.05, 4.69) is 4.90 Å². The van der Waals surface area contributed by atoms with E-state index in [4.69, 9.17) is 4.74 Å². The Labute approximate surface area is 64.2 Å². The summed E-state index contributed by atoms with van der Waals surface area (Å²) in [6, 6.07) is 0. The smallest absolute Gasteiger partial charge is 0.0589 e. The highest BCUT2D eigenvalue weighted by Crippen LogP contribution is 2.03. The molecule has 0 atom stereocenters. The third-order valence-electron chi connectivity index (χ3n) is 1.56. The minimum atomic E-state index is 0.889. The van der Waals surface area contributed by atoms with Crippen LogP contribution in [0.4, 0.5) is 0 Å². The van der Waals surface area contributed by atoms with Crippen molar-refractivity contribution < 1.29 is 4.74 Å². The second kappa shape index (κ2) is 7.03. The molecule has 0 spiro atoms. The molecule has 0 aliphatic carbocycles. The summed E-state index contributed by atoms with van der Waals surface area (Å²) >= 11 is 0. The molecule has 0 aromatic carbocycles. The lowest BCUT2D eigenvalue weighted by atomic mass is 10.2. The van der Waals surface area contributed by atoms with Gasteiger partial charge in [-0.2, -0.15) is 0 Å². The van der Waals surface area contributed by atoms with Crippen LogP contribution in [0.15, 0.2) is 0 Å². The average Bonchev–Trinajstić information content (AvgIpc) is 1.90. The van der Waals surface area contributed by atoms with E-state index >= 15 is 0 Å². The molecule has 0 bridgehead atoms. The van der Waals surface area contributed by atoms with Crippen LogP contribution in [-0.4, -0.2) is 38.3 Å². The summed E-state index contributed by atoms with van der Waals surface area (Å²) in [5.41, 5.74) is 0. The number of nitrogens with zero attached hydrogens (tertiary/aromatic N) is 1. The molecule has 1 heterocycles. The van der Waals surface area contributed by atoms with Crippen molar-refractivity contribution in [3.8, 4) is 0 Å². The van der Waals surface area contributed by atoms with E-state index in [0.717, 1.165) is 13.2 Å². The number of likely N-dealkylation sites (tertiary alicyclic amines) is 1. The molecule has 2 heteroatoms. The minimum absolute atomic E-state index is 0.889. The summed E-state index contributed by atoms with van der Waals surface area (Å²) in [6.45, 7) is 8.57. The molecule has 0 radical (unpaired) electrons. The topological polar surface area (TPSA) is 12.5 Å². The van der Waals surface area contributed by atoms with E-state index < -0.39 is 0 Å². The lowest BCUT2D eigenvalue weighted by Crippen LogP contribution is -2.39. The van der Waals surface area contributed by atoms with Gasteiger partial charge in [0, 0.05) is 13.7 Å². The Kier molecular flexibility index (Phi) is 6.98. The fraction of sp³-hybridized carbons (Fsp3) is 1.00. The SMILES string of the molecule is CC.COCCN1CCC1. The average molecular weight is 145 g/mol. The summed E-state index contributed by atoms with van der Waals surface area (Å²) in [5.74, 6) is 0. The first-order valence-electron chi connectivity index (χ1n) is 4.15. The summed E-state index contributed by atoms with van der Waals surface area (Å²) in [4.78, 5) is 2.39. The predicted octanol–water partition coefficient (Wildman–Crippen LogP) is 1.36. The molecule has 0 aromatic heterocycles. The van der Waals surface area contributed by atoms with Gasteiger partial charge in [-0.05, 0) is 19.5 Å².